The van der Waals surface area contributed by atoms with Crippen LogP contribution in [0.15, 0.2) is 16.9 Å². The van der Waals surface area contributed by atoms with Crippen molar-refractivity contribution in [2.75, 3.05) is 13.1 Å². The number of carbonyl (C=O) groups excluding carboxylic acids is 2. The minimum atomic E-state index is -0.407. The Labute approximate surface area is 146 Å². The number of likely N-dealkylation sites (tertiary alicyclic amines) is 1. The van der Waals surface area contributed by atoms with Gasteiger partial charge in [0.25, 0.3) is 5.91 Å². The summed E-state index contributed by atoms with van der Waals surface area (Å²) in [4.78, 5) is 30.4. The lowest BCUT2D eigenvalue weighted by molar-refractivity contribution is -0.118. The Morgan fingerprint density at radius 2 is 2.24 bits per heavy atom. The summed E-state index contributed by atoms with van der Waals surface area (Å²) in [6, 6.07) is 0. The van der Waals surface area contributed by atoms with Gasteiger partial charge in [0.05, 0.1) is 5.69 Å². The Kier molecular flexibility index (Phi) is 4.87. The van der Waals surface area contributed by atoms with Crippen molar-refractivity contribution in [2.45, 2.75) is 45.6 Å². The highest BCUT2D eigenvalue weighted by Gasteiger charge is 2.31. The third-order valence-corrected chi connectivity index (χ3v) is 4.63. The highest BCUT2D eigenvalue weighted by atomic mass is 16.5. The van der Waals surface area contributed by atoms with Crippen LogP contribution >= 0.6 is 0 Å². The van der Waals surface area contributed by atoms with Gasteiger partial charge in [0.1, 0.15) is 23.7 Å². The van der Waals surface area contributed by atoms with Crippen molar-refractivity contribution >= 4 is 11.8 Å². The number of hydrogen-bond donors (Lipinski definition) is 1. The zero-order valence-electron chi connectivity index (χ0n) is 14.6. The number of amides is 2. The number of aryl methyl sites for hydroxylation is 2. The lowest BCUT2D eigenvalue weighted by Crippen LogP contribution is -2.40. The normalized spacial score (nSPS) is 17.7. The highest BCUT2D eigenvalue weighted by molar-refractivity contribution is 5.96. The smallest absolute Gasteiger partial charge is 0.259 e. The second-order valence-electron chi connectivity index (χ2n) is 6.38. The lowest BCUT2D eigenvalue weighted by atomic mass is 9.96. The summed E-state index contributed by atoms with van der Waals surface area (Å²) in [5.74, 6) is 0.981. The number of piperidine rings is 1. The average Bonchev–Trinajstić information content (AvgIpc) is 3.20. The molecule has 1 aliphatic rings. The van der Waals surface area contributed by atoms with Crippen LogP contribution in [0, 0.1) is 6.92 Å². The molecule has 8 heteroatoms. The molecule has 1 atom stereocenters. The standard InChI is InChI=1S/C17H23N5O3/c1-3-13-15(11(2)25-20-13)17(24)22-7-4-5-12(9-22)16-19-6-8-21(16)10-14(18)23/h6,8,12H,3-5,7,9-10H2,1-2H3,(H2,18,23)/t12-/m0/s1. The van der Waals surface area contributed by atoms with Crippen molar-refractivity contribution < 1.29 is 14.1 Å². The van der Waals surface area contributed by atoms with Crippen molar-refractivity contribution in [3.63, 3.8) is 0 Å². The van der Waals surface area contributed by atoms with Crippen LogP contribution in [0.4, 0.5) is 0 Å². The molecule has 0 radical (unpaired) electrons. The number of rotatable bonds is 5. The van der Waals surface area contributed by atoms with Crippen LogP contribution in [0.2, 0.25) is 0 Å². The van der Waals surface area contributed by atoms with Gasteiger partial charge < -0.3 is 19.7 Å². The second-order valence-corrected chi connectivity index (χ2v) is 6.38. The Bertz CT molecular complexity index is 779. The molecule has 1 fully saturated rings. The Morgan fingerprint density at radius 3 is 2.96 bits per heavy atom. The van der Waals surface area contributed by atoms with E-state index in [1.54, 1.807) is 23.9 Å². The maximum Gasteiger partial charge on any atom is 0.259 e. The highest BCUT2D eigenvalue weighted by Crippen LogP contribution is 2.28. The summed E-state index contributed by atoms with van der Waals surface area (Å²) >= 11 is 0. The van der Waals surface area contributed by atoms with Gasteiger partial charge in [0.15, 0.2) is 0 Å². The summed E-state index contributed by atoms with van der Waals surface area (Å²) in [7, 11) is 0. The molecule has 0 unspecified atom stereocenters. The van der Waals surface area contributed by atoms with E-state index >= 15 is 0 Å². The molecule has 0 aliphatic carbocycles. The maximum absolute atomic E-state index is 13.0. The van der Waals surface area contributed by atoms with Crippen molar-refractivity contribution in [3.8, 4) is 0 Å². The first kappa shape index (κ1) is 17.2. The molecule has 3 heterocycles. The van der Waals surface area contributed by atoms with E-state index in [1.165, 1.54) is 0 Å². The summed E-state index contributed by atoms with van der Waals surface area (Å²) in [6.07, 6.45) is 5.87. The van der Waals surface area contributed by atoms with Gasteiger partial charge in [-0.2, -0.15) is 0 Å². The van der Waals surface area contributed by atoms with E-state index in [2.05, 4.69) is 10.1 Å². The summed E-state index contributed by atoms with van der Waals surface area (Å²) in [5.41, 5.74) is 6.57. The van der Waals surface area contributed by atoms with Crippen LogP contribution in [-0.4, -0.2) is 44.5 Å². The molecular formula is C17H23N5O3. The molecule has 0 bridgehead atoms. The summed E-state index contributed by atoms with van der Waals surface area (Å²) < 4.78 is 6.96. The van der Waals surface area contributed by atoms with Gasteiger partial charge in [-0.1, -0.05) is 12.1 Å². The number of aromatic nitrogens is 3. The molecule has 8 nitrogen and oxygen atoms in total. The zero-order valence-corrected chi connectivity index (χ0v) is 14.6. The number of hydrogen-bond acceptors (Lipinski definition) is 5. The van der Waals surface area contributed by atoms with Crippen molar-refractivity contribution in [2.24, 2.45) is 5.73 Å². The Balaban J connectivity index is 1.80. The molecule has 0 saturated carbocycles. The van der Waals surface area contributed by atoms with Gasteiger partial charge in [-0.15, -0.1) is 0 Å². The number of nitrogens with two attached hydrogens (primary N) is 1. The van der Waals surface area contributed by atoms with Crippen molar-refractivity contribution in [3.05, 3.63) is 35.2 Å². The molecular weight excluding hydrogens is 322 g/mol. The maximum atomic E-state index is 13.0. The van der Waals surface area contributed by atoms with Crippen LogP contribution in [0.5, 0.6) is 0 Å². The van der Waals surface area contributed by atoms with Crippen LogP contribution < -0.4 is 5.73 Å². The quantitative estimate of drug-likeness (QED) is 0.877. The van der Waals surface area contributed by atoms with E-state index < -0.39 is 5.91 Å². The fraction of sp³-hybridized carbons (Fsp3) is 0.529. The molecule has 1 saturated heterocycles. The zero-order chi connectivity index (χ0) is 18.0. The van der Waals surface area contributed by atoms with Gasteiger partial charge in [-0.3, -0.25) is 9.59 Å². The van der Waals surface area contributed by atoms with Crippen LogP contribution in [-0.2, 0) is 17.8 Å². The summed E-state index contributed by atoms with van der Waals surface area (Å²) in [6.45, 7) is 5.07. The predicted octanol–water partition coefficient (Wildman–Crippen LogP) is 1.25. The monoisotopic (exact) mass is 345 g/mol. The van der Waals surface area contributed by atoms with Gasteiger partial charge in [0, 0.05) is 31.4 Å². The molecule has 2 N–H and O–H groups in total. The van der Waals surface area contributed by atoms with Gasteiger partial charge in [-0.25, -0.2) is 4.98 Å². The lowest BCUT2D eigenvalue weighted by Gasteiger charge is -2.32. The molecule has 3 rings (SSSR count). The minimum Gasteiger partial charge on any atom is -0.368 e. The molecule has 134 valence electrons. The molecule has 0 aromatic carbocycles. The summed E-state index contributed by atoms with van der Waals surface area (Å²) in [5, 5.41) is 3.98. The first-order valence-corrected chi connectivity index (χ1v) is 8.55. The fourth-order valence-corrected chi connectivity index (χ4v) is 3.45. The fourth-order valence-electron chi connectivity index (χ4n) is 3.45. The van der Waals surface area contributed by atoms with E-state index in [0.29, 0.717) is 36.5 Å². The van der Waals surface area contributed by atoms with Crippen LogP contribution in [0.1, 0.15) is 53.3 Å². The van der Waals surface area contributed by atoms with E-state index in [1.807, 2.05) is 11.8 Å². The van der Waals surface area contributed by atoms with E-state index in [-0.39, 0.29) is 18.4 Å². The number of primary amides is 1. The van der Waals surface area contributed by atoms with Crippen LogP contribution in [0.3, 0.4) is 0 Å². The number of nitrogens with zero attached hydrogens (tertiary/aromatic N) is 4. The van der Waals surface area contributed by atoms with Crippen molar-refractivity contribution in [1.82, 2.24) is 19.6 Å². The largest absolute Gasteiger partial charge is 0.368 e. The van der Waals surface area contributed by atoms with Crippen molar-refractivity contribution in [1.29, 1.82) is 0 Å². The van der Waals surface area contributed by atoms with Gasteiger partial charge >= 0.3 is 0 Å². The van der Waals surface area contributed by atoms with E-state index in [9.17, 15) is 9.59 Å². The van der Waals surface area contributed by atoms with Gasteiger partial charge in [-0.05, 0) is 26.2 Å². The molecule has 2 amide bonds. The number of imidazole rings is 1. The first-order chi connectivity index (χ1) is 12.0. The molecule has 0 spiro atoms. The number of carbonyl (C=O) groups is 2. The molecule has 2 aromatic heterocycles. The molecule has 2 aromatic rings. The third-order valence-electron chi connectivity index (χ3n) is 4.63. The average molecular weight is 345 g/mol. The Morgan fingerprint density at radius 1 is 1.44 bits per heavy atom. The van der Waals surface area contributed by atoms with E-state index in [4.69, 9.17) is 10.3 Å². The van der Waals surface area contributed by atoms with Gasteiger partial charge in [0.2, 0.25) is 5.91 Å². The van der Waals surface area contributed by atoms with Crippen LogP contribution in [0.25, 0.3) is 0 Å². The predicted molar refractivity (Wildman–Crippen MR) is 89.9 cm³/mol. The third kappa shape index (κ3) is 3.42. The molecule has 25 heavy (non-hydrogen) atoms. The molecule has 1 aliphatic heterocycles. The topological polar surface area (TPSA) is 107 Å². The van der Waals surface area contributed by atoms with E-state index in [0.717, 1.165) is 18.7 Å². The Hall–Kier alpha value is -2.64. The minimum absolute atomic E-state index is 0.0479. The SMILES string of the molecule is CCc1noc(C)c1C(=O)N1CCC[C@H](c2nccn2CC(N)=O)C1. The first-order valence-electron chi connectivity index (χ1n) is 8.55. The second kappa shape index (κ2) is 7.08.